The minimum atomic E-state index is -0.601. The first-order valence-corrected chi connectivity index (χ1v) is 6.74. The minimum Gasteiger partial charge on any atom is -0.457 e. The average molecular weight is 338 g/mol. The number of nitrogens with two attached hydrogens (primary N) is 1. The van der Waals surface area contributed by atoms with Gasteiger partial charge in [-0.25, -0.2) is 9.18 Å². The fourth-order valence-electron chi connectivity index (χ4n) is 1.68. The number of rotatable bonds is 3. The Balaban J connectivity index is 2.09. The van der Waals surface area contributed by atoms with E-state index in [9.17, 15) is 9.18 Å². The Hall–Kier alpha value is -1.88. The van der Waals surface area contributed by atoms with E-state index in [-0.39, 0.29) is 17.9 Å². The van der Waals surface area contributed by atoms with Crippen LogP contribution in [0.1, 0.15) is 21.5 Å². The second-order valence-electron chi connectivity index (χ2n) is 4.38. The number of esters is 1. The molecule has 0 saturated heterocycles. The Labute approximate surface area is 124 Å². The molecule has 0 aliphatic carbocycles. The van der Waals surface area contributed by atoms with Gasteiger partial charge in [0.2, 0.25) is 0 Å². The van der Waals surface area contributed by atoms with Crippen molar-refractivity contribution >= 4 is 27.6 Å². The fourth-order valence-corrected chi connectivity index (χ4v) is 2.12. The quantitative estimate of drug-likeness (QED) is 0.683. The van der Waals surface area contributed by atoms with Gasteiger partial charge in [-0.05, 0) is 36.8 Å². The lowest BCUT2D eigenvalue weighted by molar-refractivity contribution is 0.0472. The molecule has 0 aliphatic heterocycles. The summed E-state index contributed by atoms with van der Waals surface area (Å²) >= 11 is 3.33. The molecule has 0 unspecified atom stereocenters. The molecular weight excluding hydrogens is 325 g/mol. The van der Waals surface area contributed by atoms with Crippen molar-refractivity contribution in [3.05, 3.63) is 63.4 Å². The van der Waals surface area contributed by atoms with Crippen molar-refractivity contribution in [2.75, 3.05) is 5.73 Å². The zero-order valence-corrected chi connectivity index (χ0v) is 12.4. The number of halogens is 2. The second kappa shape index (κ2) is 6.05. The number of benzene rings is 2. The average Bonchev–Trinajstić information content (AvgIpc) is 2.41. The third-order valence-corrected chi connectivity index (χ3v) is 3.37. The largest absolute Gasteiger partial charge is 0.457 e. The van der Waals surface area contributed by atoms with Gasteiger partial charge in [0.1, 0.15) is 12.4 Å². The standard InChI is InChI=1S/C15H13BrFNO2/c1-9-13(17)6-11(7-14(9)18)15(19)20-8-10-3-2-4-12(16)5-10/h2-7H,8,18H2,1H3. The Kier molecular flexibility index (Phi) is 4.39. The first kappa shape index (κ1) is 14.5. The monoisotopic (exact) mass is 337 g/mol. The number of ether oxygens (including phenoxy) is 1. The summed E-state index contributed by atoms with van der Waals surface area (Å²) in [5, 5.41) is 0. The lowest BCUT2D eigenvalue weighted by Gasteiger charge is -2.08. The molecule has 0 aliphatic rings. The highest BCUT2D eigenvalue weighted by atomic mass is 79.9. The van der Waals surface area contributed by atoms with Gasteiger partial charge < -0.3 is 10.5 Å². The van der Waals surface area contributed by atoms with Crippen molar-refractivity contribution in [3.8, 4) is 0 Å². The van der Waals surface area contributed by atoms with E-state index in [2.05, 4.69) is 15.9 Å². The normalized spacial score (nSPS) is 10.3. The van der Waals surface area contributed by atoms with E-state index < -0.39 is 11.8 Å². The highest BCUT2D eigenvalue weighted by Gasteiger charge is 2.12. The second-order valence-corrected chi connectivity index (χ2v) is 5.29. The van der Waals surface area contributed by atoms with E-state index in [1.165, 1.54) is 6.07 Å². The van der Waals surface area contributed by atoms with Gasteiger partial charge in [0.15, 0.2) is 0 Å². The molecular formula is C15H13BrFNO2. The lowest BCUT2D eigenvalue weighted by Crippen LogP contribution is -2.07. The predicted octanol–water partition coefficient (Wildman–Crippen LogP) is 3.84. The molecule has 20 heavy (non-hydrogen) atoms. The molecule has 2 aromatic rings. The van der Waals surface area contributed by atoms with Crippen LogP contribution < -0.4 is 5.73 Å². The van der Waals surface area contributed by atoms with Crippen LogP contribution >= 0.6 is 15.9 Å². The van der Waals surface area contributed by atoms with Crippen LogP contribution in [0.4, 0.5) is 10.1 Å². The first-order valence-electron chi connectivity index (χ1n) is 5.94. The van der Waals surface area contributed by atoms with Crippen molar-refractivity contribution in [1.29, 1.82) is 0 Å². The van der Waals surface area contributed by atoms with Gasteiger partial charge in [0.05, 0.1) is 5.56 Å². The molecule has 0 spiro atoms. The third-order valence-electron chi connectivity index (χ3n) is 2.88. The summed E-state index contributed by atoms with van der Waals surface area (Å²) in [7, 11) is 0. The Morgan fingerprint density at radius 2 is 2.10 bits per heavy atom. The van der Waals surface area contributed by atoms with Crippen LogP contribution in [0.25, 0.3) is 0 Å². The number of hydrogen-bond donors (Lipinski definition) is 1. The van der Waals surface area contributed by atoms with E-state index >= 15 is 0 Å². The number of hydrogen-bond acceptors (Lipinski definition) is 3. The van der Waals surface area contributed by atoms with Gasteiger partial charge in [0.25, 0.3) is 0 Å². The molecule has 104 valence electrons. The topological polar surface area (TPSA) is 52.3 Å². The fraction of sp³-hybridized carbons (Fsp3) is 0.133. The summed E-state index contributed by atoms with van der Waals surface area (Å²) in [4.78, 5) is 11.9. The summed E-state index contributed by atoms with van der Waals surface area (Å²) in [6.07, 6.45) is 0. The third kappa shape index (κ3) is 3.36. The van der Waals surface area contributed by atoms with E-state index in [1.807, 2.05) is 24.3 Å². The summed E-state index contributed by atoms with van der Waals surface area (Å²) in [6, 6.07) is 9.95. The first-order chi connectivity index (χ1) is 9.47. The molecule has 0 heterocycles. The molecule has 5 heteroatoms. The van der Waals surface area contributed by atoms with Gasteiger partial charge >= 0.3 is 5.97 Å². The summed E-state index contributed by atoms with van der Waals surface area (Å²) < 4.78 is 19.6. The lowest BCUT2D eigenvalue weighted by atomic mass is 10.1. The smallest absolute Gasteiger partial charge is 0.338 e. The van der Waals surface area contributed by atoms with Crippen LogP contribution in [0.3, 0.4) is 0 Å². The van der Waals surface area contributed by atoms with Gasteiger partial charge in [-0.2, -0.15) is 0 Å². The van der Waals surface area contributed by atoms with Crippen molar-refractivity contribution in [2.24, 2.45) is 0 Å². The zero-order chi connectivity index (χ0) is 14.7. The predicted molar refractivity (Wildman–Crippen MR) is 78.8 cm³/mol. The number of carbonyl (C=O) groups excluding carboxylic acids is 1. The van der Waals surface area contributed by atoms with E-state index in [0.29, 0.717) is 5.56 Å². The van der Waals surface area contributed by atoms with E-state index in [4.69, 9.17) is 10.5 Å². The van der Waals surface area contributed by atoms with Crippen LogP contribution in [0.15, 0.2) is 40.9 Å². The van der Waals surface area contributed by atoms with Crippen molar-refractivity contribution in [2.45, 2.75) is 13.5 Å². The molecule has 0 radical (unpaired) electrons. The van der Waals surface area contributed by atoms with Crippen molar-refractivity contribution in [3.63, 3.8) is 0 Å². The molecule has 0 atom stereocenters. The molecule has 3 nitrogen and oxygen atoms in total. The highest BCUT2D eigenvalue weighted by Crippen LogP contribution is 2.19. The SMILES string of the molecule is Cc1c(N)cc(C(=O)OCc2cccc(Br)c2)cc1F. The molecule has 0 fully saturated rings. The molecule has 0 amide bonds. The Bertz CT molecular complexity index is 635. The van der Waals surface area contributed by atoms with Gasteiger partial charge in [-0.15, -0.1) is 0 Å². The molecule has 0 aromatic heterocycles. The summed E-state index contributed by atoms with van der Waals surface area (Å²) in [6.45, 7) is 1.68. The van der Waals surface area contributed by atoms with Gasteiger partial charge in [-0.1, -0.05) is 28.1 Å². The van der Waals surface area contributed by atoms with Crippen LogP contribution in [-0.4, -0.2) is 5.97 Å². The summed E-state index contributed by atoms with van der Waals surface area (Å²) in [5.41, 5.74) is 7.15. The highest BCUT2D eigenvalue weighted by molar-refractivity contribution is 9.10. The maximum Gasteiger partial charge on any atom is 0.338 e. The maximum atomic E-state index is 13.5. The maximum absolute atomic E-state index is 13.5. The van der Waals surface area contributed by atoms with Crippen LogP contribution in [0.2, 0.25) is 0 Å². The number of nitrogen functional groups attached to an aromatic ring is 1. The number of carbonyl (C=O) groups is 1. The van der Waals surface area contributed by atoms with E-state index in [0.717, 1.165) is 16.1 Å². The molecule has 2 rings (SSSR count). The van der Waals surface area contributed by atoms with Crippen LogP contribution in [0, 0.1) is 12.7 Å². The summed E-state index contributed by atoms with van der Waals surface area (Å²) in [5.74, 6) is -1.12. The van der Waals surface area contributed by atoms with Crippen LogP contribution in [-0.2, 0) is 11.3 Å². The van der Waals surface area contributed by atoms with E-state index in [1.54, 1.807) is 6.92 Å². The molecule has 2 aromatic carbocycles. The number of anilines is 1. The van der Waals surface area contributed by atoms with Crippen molar-refractivity contribution < 1.29 is 13.9 Å². The Morgan fingerprint density at radius 3 is 2.75 bits per heavy atom. The van der Waals surface area contributed by atoms with Crippen molar-refractivity contribution in [1.82, 2.24) is 0 Å². The Morgan fingerprint density at radius 1 is 1.35 bits per heavy atom. The van der Waals surface area contributed by atoms with Gasteiger partial charge in [-0.3, -0.25) is 0 Å². The van der Waals surface area contributed by atoms with Gasteiger partial charge in [0, 0.05) is 15.7 Å². The van der Waals surface area contributed by atoms with Crippen LogP contribution in [0.5, 0.6) is 0 Å². The molecule has 2 N–H and O–H groups in total. The molecule has 0 bridgehead atoms. The molecule has 0 saturated carbocycles. The minimum absolute atomic E-state index is 0.112. The zero-order valence-electron chi connectivity index (χ0n) is 10.8.